The van der Waals surface area contributed by atoms with Gasteiger partial charge in [0.1, 0.15) is 0 Å². The molecule has 2 aliphatic carbocycles. The fourth-order valence-corrected chi connectivity index (χ4v) is 6.54. The molecule has 5 rings (SSSR count). The summed E-state index contributed by atoms with van der Waals surface area (Å²) in [4.78, 5) is 2.35. The van der Waals surface area contributed by atoms with E-state index in [1.165, 1.54) is 111 Å². The van der Waals surface area contributed by atoms with Crippen molar-refractivity contribution in [2.45, 2.75) is 96.8 Å². The first-order valence-corrected chi connectivity index (χ1v) is 14.8. The predicted molar refractivity (Wildman–Crippen MR) is 157 cm³/mol. The van der Waals surface area contributed by atoms with Crippen LogP contribution in [0.5, 0.6) is 0 Å². The predicted octanol–water partition coefficient (Wildman–Crippen LogP) is 10.9. The molecule has 0 aliphatic heterocycles. The van der Waals surface area contributed by atoms with Crippen LogP contribution < -0.4 is 4.90 Å². The molecular formula is C33H39Cl2N. The molecule has 0 saturated carbocycles. The molecule has 36 heavy (non-hydrogen) atoms. The number of rotatable bonds is 3. The molecule has 0 unspecified atom stereocenters. The Hall–Kier alpha value is -1.96. The summed E-state index contributed by atoms with van der Waals surface area (Å²) in [5.74, 6) is 0. The number of aryl methyl sites for hydroxylation is 5. The van der Waals surface area contributed by atoms with E-state index in [9.17, 15) is 0 Å². The molecule has 0 heterocycles. The Kier molecular flexibility index (Phi) is 8.60. The maximum atomic E-state index is 6.91. The molecule has 0 saturated heterocycles. The number of nitrogens with zero attached hydrogens (tertiary/aromatic N) is 1. The van der Waals surface area contributed by atoms with Crippen molar-refractivity contribution in [1.82, 2.24) is 0 Å². The summed E-state index contributed by atoms with van der Waals surface area (Å²) in [5, 5.41) is 1.23. The van der Waals surface area contributed by atoms with E-state index in [0.29, 0.717) is 10.0 Å². The fraction of sp³-hybridized carbons (Fsp3) is 0.455. The first-order valence-electron chi connectivity index (χ1n) is 14.1. The van der Waals surface area contributed by atoms with Crippen molar-refractivity contribution in [1.29, 1.82) is 0 Å². The summed E-state index contributed by atoms with van der Waals surface area (Å²) >= 11 is 13.5. The Labute approximate surface area is 227 Å². The van der Waals surface area contributed by atoms with E-state index < -0.39 is 0 Å². The SMILES string of the molecule is Cc1cc(Cl)c(Cl)c(N(c2ccc3c(c2)CCCCCCC3)c2ccc3c(c2)CCCCCCC3)c1. The first kappa shape index (κ1) is 25.7. The lowest BCUT2D eigenvalue weighted by Gasteiger charge is -2.29. The Balaban J connectivity index is 1.63. The molecule has 1 nitrogen and oxygen atoms in total. The zero-order valence-electron chi connectivity index (χ0n) is 21.7. The second-order valence-electron chi connectivity index (χ2n) is 10.9. The van der Waals surface area contributed by atoms with Gasteiger partial charge in [-0.25, -0.2) is 0 Å². The Bertz CT molecular complexity index is 1130. The highest BCUT2D eigenvalue weighted by Crippen LogP contribution is 2.43. The van der Waals surface area contributed by atoms with E-state index in [4.69, 9.17) is 23.2 Å². The van der Waals surface area contributed by atoms with Crippen molar-refractivity contribution >= 4 is 40.3 Å². The average molecular weight is 521 g/mol. The van der Waals surface area contributed by atoms with Crippen molar-refractivity contribution in [3.8, 4) is 0 Å². The lowest BCUT2D eigenvalue weighted by molar-refractivity contribution is 0.629. The number of hydrogen-bond donors (Lipinski definition) is 0. The van der Waals surface area contributed by atoms with Crippen LogP contribution >= 0.6 is 23.2 Å². The van der Waals surface area contributed by atoms with Crippen LogP contribution in [0.25, 0.3) is 0 Å². The Morgan fingerprint density at radius 1 is 0.528 bits per heavy atom. The van der Waals surface area contributed by atoms with Crippen LogP contribution in [-0.4, -0.2) is 0 Å². The van der Waals surface area contributed by atoms with Crippen LogP contribution in [-0.2, 0) is 25.7 Å². The zero-order valence-corrected chi connectivity index (χ0v) is 23.2. The maximum absolute atomic E-state index is 6.91. The topological polar surface area (TPSA) is 3.24 Å². The number of anilines is 3. The molecule has 2 aliphatic rings. The van der Waals surface area contributed by atoms with Gasteiger partial charge in [-0.3, -0.25) is 0 Å². The highest BCUT2D eigenvalue weighted by Gasteiger charge is 2.21. The average Bonchev–Trinajstić information content (AvgIpc) is 3.07. The van der Waals surface area contributed by atoms with Crippen molar-refractivity contribution in [2.24, 2.45) is 0 Å². The van der Waals surface area contributed by atoms with E-state index in [1.54, 1.807) is 0 Å². The van der Waals surface area contributed by atoms with Gasteiger partial charge in [-0.2, -0.15) is 0 Å². The molecule has 0 spiro atoms. The number of hydrogen-bond acceptors (Lipinski definition) is 1. The largest absolute Gasteiger partial charge is 0.309 e. The third-order valence-corrected chi connectivity index (χ3v) is 8.87. The van der Waals surface area contributed by atoms with Crippen LogP contribution in [0.1, 0.15) is 92.0 Å². The van der Waals surface area contributed by atoms with Crippen LogP contribution in [0.4, 0.5) is 17.1 Å². The molecule has 3 aromatic carbocycles. The molecule has 0 radical (unpaired) electrons. The van der Waals surface area contributed by atoms with Gasteiger partial charge in [0.25, 0.3) is 0 Å². The van der Waals surface area contributed by atoms with Gasteiger partial charge in [0.2, 0.25) is 0 Å². The van der Waals surface area contributed by atoms with Crippen molar-refractivity contribution in [2.75, 3.05) is 4.90 Å². The lowest BCUT2D eigenvalue weighted by Crippen LogP contribution is -2.13. The van der Waals surface area contributed by atoms with E-state index in [0.717, 1.165) is 24.1 Å². The van der Waals surface area contributed by atoms with Gasteiger partial charge >= 0.3 is 0 Å². The summed E-state index contributed by atoms with van der Waals surface area (Å²) in [6, 6.07) is 18.3. The quantitative estimate of drug-likeness (QED) is 0.332. The monoisotopic (exact) mass is 519 g/mol. The van der Waals surface area contributed by atoms with Crippen molar-refractivity contribution in [3.63, 3.8) is 0 Å². The molecular weight excluding hydrogens is 481 g/mol. The molecule has 0 aromatic heterocycles. The van der Waals surface area contributed by atoms with Crippen LogP contribution in [0.3, 0.4) is 0 Å². The molecule has 0 atom stereocenters. The second-order valence-corrected chi connectivity index (χ2v) is 11.6. The van der Waals surface area contributed by atoms with Crippen LogP contribution in [0, 0.1) is 6.92 Å². The number of halogens is 2. The van der Waals surface area contributed by atoms with Crippen molar-refractivity contribution < 1.29 is 0 Å². The van der Waals surface area contributed by atoms with Gasteiger partial charge in [0.05, 0.1) is 15.7 Å². The van der Waals surface area contributed by atoms with E-state index in [-0.39, 0.29) is 0 Å². The summed E-state index contributed by atoms with van der Waals surface area (Å²) in [5.41, 5.74) is 10.5. The molecule has 0 N–H and O–H groups in total. The normalized spacial score (nSPS) is 16.9. The minimum atomic E-state index is 0.613. The number of fused-ring (bicyclic) bond motifs is 2. The van der Waals surface area contributed by atoms with Crippen LogP contribution in [0.2, 0.25) is 10.0 Å². The maximum Gasteiger partial charge on any atom is 0.0832 e. The van der Waals surface area contributed by atoms with E-state index in [2.05, 4.69) is 54.3 Å². The lowest BCUT2D eigenvalue weighted by atomic mass is 9.96. The molecule has 190 valence electrons. The summed E-state index contributed by atoms with van der Waals surface area (Å²) in [6.07, 6.45) is 17.9. The van der Waals surface area contributed by atoms with Gasteiger partial charge in [0.15, 0.2) is 0 Å². The Morgan fingerprint density at radius 3 is 1.47 bits per heavy atom. The smallest absolute Gasteiger partial charge is 0.0832 e. The van der Waals surface area contributed by atoms with E-state index >= 15 is 0 Å². The van der Waals surface area contributed by atoms with Gasteiger partial charge < -0.3 is 4.90 Å². The minimum absolute atomic E-state index is 0.613. The Morgan fingerprint density at radius 2 is 0.972 bits per heavy atom. The second kappa shape index (κ2) is 12.1. The standard InChI is InChI=1S/C33H39Cl2N/c1-24-20-31(34)33(35)32(21-24)36(29-18-16-25-12-8-4-2-6-10-14-27(25)22-29)30-19-17-26-13-9-5-3-7-11-15-28(26)23-30/h16-23H,2-15H2,1H3. The van der Waals surface area contributed by atoms with Gasteiger partial charge in [-0.05, 0) is 123 Å². The molecule has 0 fully saturated rings. The van der Waals surface area contributed by atoms with Crippen molar-refractivity contribution in [3.05, 3.63) is 86.4 Å². The highest BCUT2D eigenvalue weighted by atomic mass is 35.5. The molecule has 0 bridgehead atoms. The summed E-state index contributed by atoms with van der Waals surface area (Å²) in [7, 11) is 0. The molecule has 0 amide bonds. The van der Waals surface area contributed by atoms with Gasteiger partial charge in [-0.1, -0.05) is 73.9 Å². The van der Waals surface area contributed by atoms with E-state index in [1.807, 2.05) is 6.07 Å². The minimum Gasteiger partial charge on any atom is -0.309 e. The number of benzene rings is 3. The zero-order chi connectivity index (χ0) is 24.9. The molecule has 3 heteroatoms. The summed E-state index contributed by atoms with van der Waals surface area (Å²) in [6.45, 7) is 2.10. The highest BCUT2D eigenvalue weighted by molar-refractivity contribution is 6.44. The van der Waals surface area contributed by atoms with Crippen LogP contribution in [0.15, 0.2) is 48.5 Å². The summed E-state index contributed by atoms with van der Waals surface area (Å²) < 4.78 is 0. The third-order valence-electron chi connectivity index (χ3n) is 8.07. The first-order chi connectivity index (χ1) is 17.6. The van der Waals surface area contributed by atoms with Gasteiger partial charge in [0, 0.05) is 11.4 Å². The molecule has 3 aromatic rings. The fourth-order valence-electron chi connectivity index (χ4n) is 6.07. The third kappa shape index (κ3) is 5.95. The van der Waals surface area contributed by atoms with Gasteiger partial charge in [-0.15, -0.1) is 0 Å².